The van der Waals surface area contributed by atoms with Gasteiger partial charge in [-0.1, -0.05) is 17.7 Å². The highest BCUT2D eigenvalue weighted by molar-refractivity contribution is 6.31. The van der Waals surface area contributed by atoms with Crippen molar-refractivity contribution in [2.24, 2.45) is 0 Å². The Labute approximate surface area is 137 Å². The molecule has 0 aliphatic rings. The maximum absolute atomic E-state index is 12.3. The molecular formula is C16H14ClF2NO3. The zero-order valence-electron chi connectivity index (χ0n) is 12.4. The van der Waals surface area contributed by atoms with Crippen molar-refractivity contribution in [2.75, 3.05) is 12.4 Å². The number of nitrogens with one attached hydrogen (secondary N) is 1. The Morgan fingerprint density at radius 1 is 1.17 bits per heavy atom. The molecule has 0 radical (unpaired) electrons. The second-order valence-electron chi connectivity index (χ2n) is 4.66. The van der Waals surface area contributed by atoms with E-state index in [1.807, 2.05) is 6.92 Å². The minimum absolute atomic E-state index is 0.0424. The van der Waals surface area contributed by atoms with Crippen LogP contribution in [0.25, 0.3) is 0 Å². The number of halogens is 3. The first-order chi connectivity index (χ1) is 10.9. The summed E-state index contributed by atoms with van der Waals surface area (Å²) in [5.74, 6) is -0.518. The highest BCUT2D eigenvalue weighted by atomic mass is 35.5. The Hall–Kier alpha value is -2.34. The number of benzene rings is 2. The van der Waals surface area contributed by atoms with E-state index in [0.29, 0.717) is 10.7 Å². The van der Waals surface area contributed by atoms with Gasteiger partial charge in [-0.3, -0.25) is 4.79 Å². The topological polar surface area (TPSA) is 47.6 Å². The van der Waals surface area contributed by atoms with Crippen LogP contribution in [-0.4, -0.2) is 19.6 Å². The molecule has 122 valence electrons. The number of methoxy groups -OCH3 is 1. The predicted octanol–water partition coefficient (Wildman–Crippen LogP) is 4.51. The molecule has 2 rings (SSSR count). The van der Waals surface area contributed by atoms with Crippen molar-refractivity contribution in [3.05, 3.63) is 52.5 Å². The number of rotatable bonds is 5. The summed E-state index contributed by atoms with van der Waals surface area (Å²) in [7, 11) is 1.30. The molecule has 0 aliphatic heterocycles. The number of anilines is 1. The highest BCUT2D eigenvalue weighted by Crippen LogP contribution is 2.30. The van der Waals surface area contributed by atoms with Crippen LogP contribution in [0, 0.1) is 6.92 Å². The third-order valence-electron chi connectivity index (χ3n) is 3.09. The molecular weight excluding hydrogens is 328 g/mol. The van der Waals surface area contributed by atoms with E-state index in [2.05, 4.69) is 10.1 Å². The van der Waals surface area contributed by atoms with Gasteiger partial charge in [-0.15, -0.1) is 0 Å². The van der Waals surface area contributed by atoms with Crippen molar-refractivity contribution in [3.63, 3.8) is 0 Å². The summed E-state index contributed by atoms with van der Waals surface area (Å²) >= 11 is 5.90. The van der Waals surface area contributed by atoms with Crippen LogP contribution >= 0.6 is 11.6 Å². The lowest BCUT2D eigenvalue weighted by Gasteiger charge is -2.12. The third kappa shape index (κ3) is 4.32. The maximum atomic E-state index is 12.3. The van der Waals surface area contributed by atoms with Gasteiger partial charge in [0.25, 0.3) is 5.91 Å². The zero-order valence-corrected chi connectivity index (χ0v) is 13.2. The Balaban J connectivity index is 2.24. The molecule has 4 nitrogen and oxygen atoms in total. The molecule has 0 saturated carbocycles. The average molecular weight is 342 g/mol. The molecule has 1 N–H and O–H groups in total. The fourth-order valence-electron chi connectivity index (χ4n) is 1.93. The van der Waals surface area contributed by atoms with Crippen molar-refractivity contribution < 1.29 is 23.0 Å². The fourth-order valence-corrected chi connectivity index (χ4v) is 2.10. The molecule has 2 aromatic carbocycles. The van der Waals surface area contributed by atoms with Gasteiger partial charge in [0.05, 0.1) is 7.11 Å². The summed E-state index contributed by atoms with van der Waals surface area (Å²) in [5.41, 5.74) is 1.64. The molecule has 0 unspecified atom stereocenters. The zero-order chi connectivity index (χ0) is 17.0. The van der Waals surface area contributed by atoms with Gasteiger partial charge in [0.15, 0.2) is 11.5 Å². The Bertz CT molecular complexity index is 722. The molecule has 7 heteroatoms. The first-order valence-corrected chi connectivity index (χ1v) is 6.99. The molecule has 0 bridgehead atoms. The van der Waals surface area contributed by atoms with Crippen LogP contribution in [0.2, 0.25) is 5.02 Å². The van der Waals surface area contributed by atoms with Gasteiger partial charge in [0.2, 0.25) is 0 Å². The molecule has 0 atom stereocenters. The van der Waals surface area contributed by atoms with E-state index < -0.39 is 12.5 Å². The Morgan fingerprint density at radius 3 is 2.57 bits per heavy atom. The molecule has 0 aliphatic carbocycles. The van der Waals surface area contributed by atoms with Crippen LogP contribution in [-0.2, 0) is 0 Å². The summed E-state index contributed by atoms with van der Waals surface area (Å²) in [5, 5.41) is 3.20. The van der Waals surface area contributed by atoms with E-state index >= 15 is 0 Å². The van der Waals surface area contributed by atoms with Gasteiger partial charge >= 0.3 is 6.61 Å². The van der Waals surface area contributed by atoms with Crippen LogP contribution in [0.15, 0.2) is 36.4 Å². The quantitative estimate of drug-likeness (QED) is 0.870. The van der Waals surface area contributed by atoms with Crippen LogP contribution in [0.3, 0.4) is 0 Å². The number of hydrogen-bond donors (Lipinski definition) is 1. The summed E-state index contributed by atoms with van der Waals surface area (Å²) in [6, 6.07) is 9.07. The monoisotopic (exact) mass is 341 g/mol. The first-order valence-electron chi connectivity index (χ1n) is 6.61. The van der Waals surface area contributed by atoms with E-state index in [1.54, 1.807) is 18.2 Å². The van der Waals surface area contributed by atoms with E-state index in [-0.39, 0.29) is 17.1 Å². The van der Waals surface area contributed by atoms with Crippen LogP contribution in [0.4, 0.5) is 14.5 Å². The SMILES string of the molecule is COc1cc(C(=O)Nc2cc(Cl)ccc2C)ccc1OC(F)F. The molecule has 0 heterocycles. The van der Waals surface area contributed by atoms with E-state index in [1.165, 1.54) is 25.3 Å². The molecule has 23 heavy (non-hydrogen) atoms. The largest absolute Gasteiger partial charge is 0.493 e. The van der Waals surface area contributed by atoms with Gasteiger partial charge in [0.1, 0.15) is 0 Å². The first kappa shape index (κ1) is 17.0. The summed E-state index contributed by atoms with van der Waals surface area (Å²) < 4.78 is 33.9. The summed E-state index contributed by atoms with van der Waals surface area (Å²) in [4.78, 5) is 12.3. The lowest BCUT2D eigenvalue weighted by Crippen LogP contribution is -2.13. The number of alkyl halides is 2. The van der Waals surface area contributed by atoms with Gasteiger partial charge in [-0.2, -0.15) is 8.78 Å². The van der Waals surface area contributed by atoms with Crippen molar-refractivity contribution in [1.82, 2.24) is 0 Å². The van der Waals surface area contributed by atoms with Crippen molar-refractivity contribution in [1.29, 1.82) is 0 Å². The normalized spacial score (nSPS) is 10.5. The molecule has 0 saturated heterocycles. The number of ether oxygens (including phenoxy) is 2. The van der Waals surface area contributed by atoms with Gasteiger partial charge in [0, 0.05) is 16.3 Å². The smallest absolute Gasteiger partial charge is 0.387 e. The third-order valence-corrected chi connectivity index (χ3v) is 3.32. The minimum atomic E-state index is -2.97. The fraction of sp³-hybridized carbons (Fsp3) is 0.188. The molecule has 0 aromatic heterocycles. The number of hydrogen-bond acceptors (Lipinski definition) is 3. The van der Waals surface area contributed by atoms with E-state index in [4.69, 9.17) is 16.3 Å². The van der Waals surface area contributed by atoms with Crippen molar-refractivity contribution in [3.8, 4) is 11.5 Å². The molecule has 1 amide bonds. The van der Waals surface area contributed by atoms with Crippen LogP contribution in [0.1, 0.15) is 15.9 Å². The van der Waals surface area contributed by atoms with Crippen molar-refractivity contribution >= 4 is 23.2 Å². The maximum Gasteiger partial charge on any atom is 0.387 e. The Kier molecular flexibility index (Phi) is 5.39. The lowest BCUT2D eigenvalue weighted by molar-refractivity contribution is -0.0512. The lowest BCUT2D eigenvalue weighted by atomic mass is 10.1. The van der Waals surface area contributed by atoms with E-state index in [0.717, 1.165) is 5.56 Å². The highest BCUT2D eigenvalue weighted by Gasteiger charge is 2.15. The molecule has 2 aromatic rings. The molecule has 0 spiro atoms. The summed E-state index contributed by atoms with van der Waals surface area (Å²) in [6.07, 6.45) is 0. The van der Waals surface area contributed by atoms with E-state index in [9.17, 15) is 13.6 Å². The van der Waals surface area contributed by atoms with Crippen molar-refractivity contribution in [2.45, 2.75) is 13.5 Å². The van der Waals surface area contributed by atoms with Gasteiger partial charge in [-0.25, -0.2) is 0 Å². The van der Waals surface area contributed by atoms with Crippen LogP contribution in [0.5, 0.6) is 11.5 Å². The number of aryl methyl sites for hydroxylation is 1. The molecule has 0 fully saturated rings. The minimum Gasteiger partial charge on any atom is -0.493 e. The van der Waals surface area contributed by atoms with Gasteiger partial charge < -0.3 is 14.8 Å². The van der Waals surface area contributed by atoms with Crippen LogP contribution < -0.4 is 14.8 Å². The average Bonchev–Trinajstić information content (AvgIpc) is 2.50. The number of carbonyl (C=O) groups is 1. The standard InChI is InChI=1S/C16H14ClF2NO3/c1-9-3-5-11(17)8-12(9)20-15(21)10-4-6-13(23-16(18)19)14(7-10)22-2/h3-8,16H,1-2H3,(H,20,21). The van der Waals surface area contributed by atoms with Gasteiger partial charge in [-0.05, 0) is 42.8 Å². The predicted molar refractivity (Wildman–Crippen MR) is 83.8 cm³/mol. The number of carbonyl (C=O) groups excluding carboxylic acids is 1. The second-order valence-corrected chi connectivity index (χ2v) is 5.09. The summed E-state index contributed by atoms with van der Waals surface area (Å²) in [6.45, 7) is -1.15. The Morgan fingerprint density at radius 2 is 1.91 bits per heavy atom. The second kappa shape index (κ2) is 7.28. The number of amides is 1.